The zero-order valence-electron chi connectivity index (χ0n) is 11.3. The van der Waals surface area contributed by atoms with E-state index in [0.717, 1.165) is 17.0 Å². The molecule has 20 heavy (non-hydrogen) atoms. The third-order valence-corrected chi connectivity index (χ3v) is 4.09. The molecular weight excluding hydrogens is 276 g/mol. The maximum atomic E-state index is 11.9. The summed E-state index contributed by atoms with van der Waals surface area (Å²) in [5.74, 6) is 0.242. The zero-order chi connectivity index (χ0) is 14.1. The van der Waals surface area contributed by atoms with Gasteiger partial charge in [-0.3, -0.25) is 4.79 Å². The molecule has 0 aromatic heterocycles. The Morgan fingerprint density at radius 1 is 1.30 bits per heavy atom. The molecule has 3 unspecified atom stereocenters. The fourth-order valence-corrected chi connectivity index (χ4v) is 3.09. The lowest BCUT2D eigenvalue weighted by Gasteiger charge is -2.35. The molecule has 106 valence electrons. The highest BCUT2D eigenvalue weighted by Gasteiger charge is 2.34. The number of Topliss-reactive ketones (excluding diaryl/α,β-unsaturated/α-hetero) is 1. The van der Waals surface area contributed by atoms with E-state index in [0.29, 0.717) is 18.8 Å². The van der Waals surface area contributed by atoms with Crippen LogP contribution < -0.4 is 0 Å². The lowest BCUT2D eigenvalue weighted by atomic mass is 9.83. The van der Waals surface area contributed by atoms with Crippen molar-refractivity contribution in [3.8, 4) is 0 Å². The molecule has 1 saturated heterocycles. The highest BCUT2D eigenvalue weighted by atomic mass is 35.5. The normalized spacial score (nSPS) is 32.9. The number of carbonyl (C=O) groups is 1. The van der Waals surface area contributed by atoms with Crippen molar-refractivity contribution in [1.82, 2.24) is 0 Å². The van der Waals surface area contributed by atoms with E-state index in [1.54, 1.807) is 6.92 Å². The molecule has 2 aliphatic carbocycles. The molecule has 4 heteroatoms. The fourth-order valence-electron chi connectivity index (χ4n) is 2.85. The van der Waals surface area contributed by atoms with Crippen molar-refractivity contribution in [2.24, 2.45) is 5.92 Å². The number of carbonyl (C=O) groups excluding carboxylic acids is 1. The molecule has 0 aromatic carbocycles. The summed E-state index contributed by atoms with van der Waals surface area (Å²) in [6.07, 6.45) is 10.5. The molecule has 1 aliphatic heterocycles. The maximum Gasteiger partial charge on any atom is 0.158 e. The molecule has 3 aliphatic rings. The number of rotatable bonds is 2. The van der Waals surface area contributed by atoms with E-state index in [4.69, 9.17) is 21.1 Å². The van der Waals surface area contributed by atoms with Crippen LogP contribution in [0.5, 0.6) is 0 Å². The lowest BCUT2D eigenvalue weighted by Crippen LogP contribution is -2.42. The maximum absolute atomic E-state index is 11.9. The second-order valence-electron chi connectivity index (χ2n) is 5.25. The van der Waals surface area contributed by atoms with Gasteiger partial charge in [-0.15, -0.1) is 0 Å². The number of ketones is 1. The molecule has 0 spiro atoms. The number of ether oxygens (including phenoxy) is 2. The third kappa shape index (κ3) is 2.66. The highest BCUT2D eigenvalue weighted by molar-refractivity contribution is 6.31. The summed E-state index contributed by atoms with van der Waals surface area (Å²) in [5, 5.41) is 0.739. The van der Waals surface area contributed by atoms with Gasteiger partial charge in [-0.1, -0.05) is 23.8 Å². The molecule has 0 N–H and O–H groups in total. The van der Waals surface area contributed by atoms with Crippen LogP contribution in [0.25, 0.3) is 0 Å². The fraction of sp³-hybridized carbons (Fsp3) is 0.438. The van der Waals surface area contributed by atoms with Gasteiger partial charge in [-0.2, -0.15) is 0 Å². The standard InChI is InChI=1S/C16H17ClO3/c1-10(18)14-8-12(11-3-2-4-13(17)7-11)9-15-16(14)20-6-5-19-15/h2,4,7-9,11,15-16H,3,5-6H2,1H3. The van der Waals surface area contributed by atoms with Crippen LogP contribution in [0, 0.1) is 5.92 Å². The van der Waals surface area contributed by atoms with E-state index < -0.39 is 0 Å². The van der Waals surface area contributed by atoms with Gasteiger partial charge in [0.15, 0.2) is 5.78 Å². The minimum atomic E-state index is -0.261. The average Bonchev–Trinajstić information content (AvgIpc) is 2.46. The molecule has 3 rings (SSSR count). The van der Waals surface area contributed by atoms with Gasteiger partial charge in [0.25, 0.3) is 0 Å². The van der Waals surface area contributed by atoms with E-state index >= 15 is 0 Å². The predicted octanol–water partition coefficient (Wildman–Crippen LogP) is 2.92. The van der Waals surface area contributed by atoms with Crippen LogP contribution >= 0.6 is 11.6 Å². The van der Waals surface area contributed by atoms with E-state index in [-0.39, 0.29) is 23.9 Å². The quantitative estimate of drug-likeness (QED) is 0.785. The van der Waals surface area contributed by atoms with E-state index in [9.17, 15) is 4.79 Å². The van der Waals surface area contributed by atoms with Crippen LogP contribution in [0.3, 0.4) is 0 Å². The molecule has 0 amide bonds. The van der Waals surface area contributed by atoms with Gasteiger partial charge < -0.3 is 9.47 Å². The van der Waals surface area contributed by atoms with Crippen molar-refractivity contribution < 1.29 is 14.3 Å². The average molecular weight is 293 g/mol. The summed E-state index contributed by atoms with van der Waals surface area (Å²) in [7, 11) is 0. The van der Waals surface area contributed by atoms with Gasteiger partial charge in [-0.05, 0) is 37.1 Å². The Kier molecular flexibility index (Phi) is 3.92. The van der Waals surface area contributed by atoms with Crippen LogP contribution in [-0.4, -0.2) is 31.2 Å². The van der Waals surface area contributed by atoms with Crippen LogP contribution in [0.15, 0.2) is 46.6 Å². The van der Waals surface area contributed by atoms with Crippen LogP contribution in [0.1, 0.15) is 13.3 Å². The number of hydrogen-bond acceptors (Lipinski definition) is 3. The van der Waals surface area contributed by atoms with Crippen molar-refractivity contribution in [1.29, 1.82) is 0 Å². The van der Waals surface area contributed by atoms with Gasteiger partial charge in [-0.25, -0.2) is 0 Å². The van der Waals surface area contributed by atoms with Crippen molar-refractivity contribution in [2.75, 3.05) is 13.2 Å². The highest BCUT2D eigenvalue weighted by Crippen LogP contribution is 2.33. The first-order valence-corrected chi connectivity index (χ1v) is 7.24. The number of fused-ring (bicyclic) bond motifs is 1. The molecule has 0 bridgehead atoms. The van der Waals surface area contributed by atoms with Gasteiger partial charge >= 0.3 is 0 Å². The number of allylic oxidation sites excluding steroid dienone is 6. The minimum Gasteiger partial charge on any atom is -0.369 e. The minimum absolute atomic E-state index is 0.0394. The predicted molar refractivity (Wildman–Crippen MR) is 77.5 cm³/mol. The molecule has 1 heterocycles. The Morgan fingerprint density at radius 2 is 2.10 bits per heavy atom. The Labute approximate surface area is 123 Å². The first-order valence-electron chi connectivity index (χ1n) is 6.86. The molecule has 1 fully saturated rings. The van der Waals surface area contributed by atoms with Crippen LogP contribution in [0.4, 0.5) is 0 Å². The topological polar surface area (TPSA) is 35.5 Å². The van der Waals surface area contributed by atoms with Crippen molar-refractivity contribution in [2.45, 2.75) is 25.6 Å². The first-order chi connectivity index (χ1) is 9.65. The summed E-state index contributed by atoms with van der Waals surface area (Å²) < 4.78 is 11.4. The molecule has 0 radical (unpaired) electrons. The van der Waals surface area contributed by atoms with Crippen molar-refractivity contribution in [3.63, 3.8) is 0 Å². The molecule has 3 nitrogen and oxygen atoms in total. The Balaban J connectivity index is 1.92. The summed E-state index contributed by atoms with van der Waals surface area (Å²) in [5.41, 5.74) is 1.79. The zero-order valence-corrected chi connectivity index (χ0v) is 12.1. The largest absolute Gasteiger partial charge is 0.369 e. The Bertz CT molecular complexity index is 542. The smallest absolute Gasteiger partial charge is 0.158 e. The Hall–Kier alpha value is -1.16. The summed E-state index contributed by atoms with van der Waals surface area (Å²) >= 11 is 6.07. The van der Waals surface area contributed by atoms with Gasteiger partial charge in [0, 0.05) is 16.5 Å². The molecular formula is C16H17ClO3. The van der Waals surface area contributed by atoms with Gasteiger partial charge in [0.2, 0.25) is 0 Å². The van der Waals surface area contributed by atoms with Gasteiger partial charge in [0.05, 0.1) is 13.2 Å². The SMILES string of the molecule is CC(=O)C1=CC(C2C=C(Cl)C=CC2)=CC2OCCOC12. The van der Waals surface area contributed by atoms with Crippen LogP contribution in [-0.2, 0) is 14.3 Å². The first kappa shape index (κ1) is 13.8. The van der Waals surface area contributed by atoms with Gasteiger partial charge in [0.1, 0.15) is 12.2 Å². The Morgan fingerprint density at radius 3 is 2.85 bits per heavy atom. The molecule has 0 saturated carbocycles. The summed E-state index contributed by atoms with van der Waals surface area (Å²) in [6.45, 7) is 2.68. The summed E-state index contributed by atoms with van der Waals surface area (Å²) in [4.78, 5) is 11.9. The van der Waals surface area contributed by atoms with Crippen molar-refractivity contribution >= 4 is 17.4 Å². The van der Waals surface area contributed by atoms with E-state index in [2.05, 4.69) is 12.2 Å². The number of halogens is 1. The second kappa shape index (κ2) is 5.68. The van der Waals surface area contributed by atoms with E-state index in [1.807, 2.05) is 18.2 Å². The lowest BCUT2D eigenvalue weighted by molar-refractivity contribution is -0.125. The number of hydrogen-bond donors (Lipinski definition) is 0. The van der Waals surface area contributed by atoms with E-state index in [1.165, 1.54) is 0 Å². The second-order valence-corrected chi connectivity index (χ2v) is 5.68. The van der Waals surface area contributed by atoms with Crippen molar-refractivity contribution in [3.05, 3.63) is 46.6 Å². The monoisotopic (exact) mass is 292 g/mol. The molecule has 0 aromatic rings. The molecule has 3 atom stereocenters. The van der Waals surface area contributed by atoms with Crippen LogP contribution in [0.2, 0.25) is 0 Å². The summed E-state index contributed by atoms with van der Waals surface area (Å²) in [6, 6.07) is 0. The third-order valence-electron chi connectivity index (χ3n) is 3.84.